The number of aliphatic carboxylic acids is 1. The van der Waals surface area contributed by atoms with E-state index in [0.29, 0.717) is 24.2 Å². The van der Waals surface area contributed by atoms with Gasteiger partial charge >= 0.3 is 23.5 Å². The highest BCUT2D eigenvalue weighted by Gasteiger charge is 2.84. The molecular weight excluding hydrogens is 660 g/mol. The fourth-order valence-corrected chi connectivity index (χ4v) is 10.9. The van der Waals surface area contributed by atoms with Gasteiger partial charge in [-0.3, -0.25) is 19.4 Å². The van der Waals surface area contributed by atoms with Gasteiger partial charge in [-0.15, -0.1) is 0 Å². The molecular formula is C37H52N4O10. The number of epoxide rings is 1. The van der Waals surface area contributed by atoms with Gasteiger partial charge in [-0.2, -0.15) is 0 Å². The van der Waals surface area contributed by atoms with Crippen molar-refractivity contribution in [1.82, 2.24) is 5.32 Å². The quantitative estimate of drug-likeness (QED) is 0.0761. The molecule has 14 heteroatoms. The van der Waals surface area contributed by atoms with Gasteiger partial charge in [-0.1, -0.05) is 13.8 Å². The summed E-state index contributed by atoms with van der Waals surface area (Å²) in [5, 5.41) is 12.0. The number of rotatable bonds is 13. The Bertz CT molecular complexity index is 1590. The highest BCUT2D eigenvalue weighted by Crippen LogP contribution is 2.78. The number of hydrogen-bond donors (Lipinski definition) is 4. The Morgan fingerprint density at radius 2 is 1.82 bits per heavy atom. The normalized spacial score (nSPS) is 36.6. The fourth-order valence-electron chi connectivity index (χ4n) is 10.9. The average molecular weight is 713 g/mol. The number of carbonyl (C=O) groups excluding carboxylic acids is 3. The molecule has 1 saturated heterocycles. The molecule has 4 aliphatic carbocycles. The summed E-state index contributed by atoms with van der Waals surface area (Å²) in [5.41, 5.74) is 10.4. The van der Waals surface area contributed by atoms with Crippen molar-refractivity contribution >= 4 is 29.8 Å². The smallest absolute Gasteiger partial charge is 0.335 e. The molecule has 1 amide bonds. The lowest BCUT2D eigenvalue weighted by atomic mass is 9.44. The highest BCUT2D eigenvalue weighted by molar-refractivity contribution is 5.83. The Labute approximate surface area is 297 Å². The molecule has 51 heavy (non-hydrogen) atoms. The van der Waals surface area contributed by atoms with Crippen LogP contribution in [-0.2, 0) is 33.4 Å². The summed E-state index contributed by atoms with van der Waals surface area (Å²) in [7, 11) is 0. The monoisotopic (exact) mass is 712 g/mol. The van der Waals surface area contributed by atoms with E-state index in [1.54, 1.807) is 6.07 Å². The number of nitrogens with zero attached hydrogens (tertiary/aromatic N) is 1. The molecule has 5 aliphatic rings. The summed E-state index contributed by atoms with van der Waals surface area (Å²) < 4.78 is 23.9. The maximum Gasteiger partial charge on any atom is 0.335 e. The van der Waals surface area contributed by atoms with Crippen molar-refractivity contribution in [1.29, 1.82) is 0 Å². The van der Waals surface area contributed by atoms with Gasteiger partial charge in [-0.05, 0) is 99.0 Å². The number of esters is 2. The minimum absolute atomic E-state index is 0.0167. The van der Waals surface area contributed by atoms with Crippen molar-refractivity contribution in [3.63, 3.8) is 0 Å². The summed E-state index contributed by atoms with van der Waals surface area (Å²) in [6, 6.07) is 2.17. The first-order valence-corrected chi connectivity index (χ1v) is 18.4. The Morgan fingerprint density at radius 3 is 2.51 bits per heavy atom. The van der Waals surface area contributed by atoms with Crippen LogP contribution in [0.3, 0.4) is 0 Å². The molecule has 1 aromatic rings. The largest absolute Gasteiger partial charge is 0.480 e. The number of aliphatic imine (C=N–C) groups is 1. The lowest BCUT2D eigenvalue weighted by Gasteiger charge is -2.61. The fraction of sp³-hybridized carbons (Fsp3) is 0.730. The van der Waals surface area contributed by atoms with Crippen LogP contribution in [0.25, 0.3) is 0 Å². The third-order valence-electron chi connectivity index (χ3n) is 13.1. The van der Waals surface area contributed by atoms with E-state index in [1.165, 1.54) is 19.3 Å². The zero-order valence-corrected chi connectivity index (χ0v) is 29.8. The first-order chi connectivity index (χ1) is 24.2. The van der Waals surface area contributed by atoms with Gasteiger partial charge in [0, 0.05) is 43.7 Å². The van der Waals surface area contributed by atoms with E-state index >= 15 is 0 Å². The highest BCUT2D eigenvalue weighted by atomic mass is 16.7. The van der Waals surface area contributed by atoms with Crippen molar-refractivity contribution in [3.8, 4) is 0 Å². The van der Waals surface area contributed by atoms with E-state index in [0.717, 1.165) is 50.5 Å². The maximum absolute atomic E-state index is 12.8. The predicted octanol–water partition coefficient (Wildman–Crippen LogP) is 3.14. The number of carbonyl (C=O) groups is 4. The number of ether oxygens (including phenoxy) is 3. The van der Waals surface area contributed by atoms with Gasteiger partial charge in [0.25, 0.3) is 0 Å². The molecule has 1 aliphatic heterocycles. The molecule has 14 nitrogen and oxygen atoms in total. The van der Waals surface area contributed by atoms with Crippen LogP contribution in [0.1, 0.15) is 109 Å². The molecule has 4 saturated carbocycles. The predicted molar refractivity (Wildman–Crippen MR) is 183 cm³/mol. The van der Waals surface area contributed by atoms with E-state index in [4.69, 9.17) is 30.1 Å². The number of nitrogens with two attached hydrogens (primary N) is 2. The maximum atomic E-state index is 12.8. The third-order valence-corrected chi connectivity index (χ3v) is 13.1. The second-order valence-electron chi connectivity index (χ2n) is 15.9. The van der Waals surface area contributed by atoms with Crippen LogP contribution >= 0.6 is 0 Å². The van der Waals surface area contributed by atoms with E-state index in [-0.39, 0.29) is 79.1 Å². The van der Waals surface area contributed by atoms with Gasteiger partial charge in [0.2, 0.25) is 5.91 Å². The number of carboxylic acids is 1. The second kappa shape index (κ2) is 14.2. The van der Waals surface area contributed by atoms with Crippen molar-refractivity contribution < 1.29 is 42.9 Å². The molecule has 0 bridgehead atoms. The summed E-state index contributed by atoms with van der Waals surface area (Å²) >= 11 is 0. The Balaban J connectivity index is 1.03. The molecule has 1 spiro atoms. The van der Waals surface area contributed by atoms with E-state index in [2.05, 4.69) is 24.2 Å². The minimum atomic E-state index is -1.14. The van der Waals surface area contributed by atoms with Crippen LogP contribution in [0.15, 0.2) is 32.6 Å². The van der Waals surface area contributed by atoms with Crippen molar-refractivity contribution in [3.05, 3.63) is 34.4 Å². The third kappa shape index (κ3) is 6.87. The summed E-state index contributed by atoms with van der Waals surface area (Å²) in [6.45, 7) is 6.35. The van der Waals surface area contributed by atoms with Gasteiger partial charge in [0.05, 0.1) is 6.26 Å². The molecule has 2 heterocycles. The minimum Gasteiger partial charge on any atom is -0.480 e. The number of amides is 1. The zero-order chi connectivity index (χ0) is 36.7. The zero-order valence-electron chi connectivity index (χ0n) is 29.8. The molecule has 6 N–H and O–H groups in total. The molecule has 0 radical (unpaired) electrons. The second-order valence-corrected chi connectivity index (χ2v) is 15.9. The number of hydrogen-bond acceptors (Lipinski definition) is 10. The Kier molecular flexibility index (Phi) is 10.3. The topological polar surface area (TPSA) is 226 Å². The Hall–Kier alpha value is -3.94. The van der Waals surface area contributed by atoms with Crippen LogP contribution in [0.2, 0.25) is 0 Å². The molecule has 0 unspecified atom stereocenters. The summed E-state index contributed by atoms with van der Waals surface area (Å²) in [6.07, 6.45) is 7.95. The van der Waals surface area contributed by atoms with Crippen LogP contribution in [0, 0.1) is 28.6 Å². The lowest BCUT2D eigenvalue weighted by Crippen LogP contribution is -2.58. The van der Waals surface area contributed by atoms with Gasteiger partial charge in [0.1, 0.15) is 30.0 Å². The number of guanidine groups is 1. The molecule has 0 aromatic carbocycles. The SMILES string of the molecule is CC(=O)O[C@H]1[C@H]2O[C@]23[C@@H]2CC[C@@H]4C[C@@H](OC(=O)CCCC(=O)N[C@@H](CCCN=C(N)N)C(=O)O)CC[C@]4(C)[C@H]2CC[C@]3(C)[C@H]1c1ccc(=O)oc1. The van der Waals surface area contributed by atoms with Crippen LogP contribution < -0.4 is 22.4 Å². The first-order valence-electron chi connectivity index (χ1n) is 18.4. The van der Waals surface area contributed by atoms with Gasteiger partial charge in [0.15, 0.2) is 5.96 Å². The Morgan fingerprint density at radius 1 is 1.04 bits per heavy atom. The average Bonchev–Trinajstić information content (AvgIpc) is 3.77. The standard InChI is InChI=1S/C37H52N4O10/c1-20(42)49-31-30(21-9-12-28(44)48-19-21)36(3)16-14-24-25(37(36)32(31)51-37)11-10-22-18-23(13-15-35(22,24)2)50-29(45)8-4-7-27(43)41-26(33(46)47)6-5-17-40-34(38)39/h9,12,19,22-26,30-32H,4-8,10-11,13-18H2,1-3H3,(H,41,43)(H,46,47)(H4,38,39,40)/t22-,23+,24+,25-,26+,30+,31-,32-,35+,36-,37-/m1/s1. The summed E-state index contributed by atoms with van der Waals surface area (Å²) in [5.74, 6) is -1.39. The number of carboxylic acid groups (broad SMARTS) is 1. The van der Waals surface area contributed by atoms with E-state index in [9.17, 15) is 29.1 Å². The lowest BCUT2D eigenvalue weighted by molar-refractivity contribution is -0.168. The summed E-state index contributed by atoms with van der Waals surface area (Å²) in [4.78, 5) is 64.8. The van der Waals surface area contributed by atoms with Crippen molar-refractivity contribution in [2.45, 2.75) is 134 Å². The van der Waals surface area contributed by atoms with Crippen LogP contribution in [-0.4, -0.2) is 71.4 Å². The van der Waals surface area contributed by atoms with Crippen LogP contribution in [0.5, 0.6) is 0 Å². The van der Waals surface area contributed by atoms with Crippen molar-refractivity contribution in [2.75, 3.05) is 6.54 Å². The molecule has 11 atom stereocenters. The van der Waals surface area contributed by atoms with Crippen molar-refractivity contribution in [2.24, 2.45) is 45.0 Å². The number of nitrogens with one attached hydrogen (secondary N) is 1. The van der Waals surface area contributed by atoms with E-state index in [1.807, 2.05) is 0 Å². The van der Waals surface area contributed by atoms with Crippen LogP contribution in [0.4, 0.5) is 0 Å². The molecule has 280 valence electrons. The molecule has 5 fully saturated rings. The van der Waals surface area contributed by atoms with Gasteiger partial charge < -0.3 is 40.5 Å². The van der Waals surface area contributed by atoms with Gasteiger partial charge in [-0.25, -0.2) is 9.59 Å². The van der Waals surface area contributed by atoms with E-state index < -0.39 is 35.2 Å². The molecule has 1 aromatic heterocycles. The molecule has 6 rings (SSSR count). The first kappa shape index (κ1) is 36.8. The number of fused-ring (bicyclic) bond motifs is 3.